The molecule has 18 heavy (non-hydrogen) atoms. The van der Waals surface area contributed by atoms with Crippen molar-refractivity contribution in [2.45, 2.75) is 38.6 Å². The zero-order valence-corrected chi connectivity index (χ0v) is 11.2. The predicted molar refractivity (Wildman–Crippen MR) is 74.4 cm³/mol. The predicted octanol–water partition coefficient (Wildman–Crippen LogP) is 2.92. The van der Waals surface area contributed by atoms with Gasteiger partial charge >= 0.3 is 0 Å². The van der Waals surface area contributed by atoms with E-state index in [1.165, 1.54) is 19.3 Å². The molecule has 1 amide bonds. The molecule has 0 unspecified atom stereocenters. The summed E-state index contributed by atoms with van der Waals surface area (Å²) < 4.78 is 0. The smallest absolute Gasteiger partial charge is 0.253 e. The van der Waals surface area contributed by atoms with E-state index in [1.807, 2.05) is 24.1 Å². The Balaban J connectivity index is 2.10. The number of anilines is 1. The van der Waals surface area contributed by atoms with Crippen LogP contribution in [0.2, 0.25) is 0 Å². The molecule has 0 aliphatic heterocycles. The van der Waals surface area contributed by atoms with Crippen molar-refractivity contribution in [2.75, 3.05) is 12.8 Å². The second-order valence-electron chi connectivity index (χ2n) is 5.37. The first kappa shape index (κ1) is 12.9. The van der Waals surface area contributed by atoms with Crippen molar-refractivity contribution >= 4 is 11.6 Å². The summed E-state index contributed by atoms with van der Waals surface area (Å²) in [6, 6.07) is 7.56. The lowest BCUT2D eigenvalue weighted by Crippen LogP contribution is -2.42. The van der Waals surface area contributed by atoms with Crippen LogP contribution in [0.15, 0.2) is 24.3 Å². The number of carbonyl (C=O) groups is 1. The molecule has 1 aliphatic carbocycles. The molecule has 1 aromatic rings. The number of hydrogen-bond donors (Lipinski definition) is 1. The molecule has 3 heteroatoms. The maximum Gasteiger partial charge on any atom is 0.253 e. The minimum Gasteiger partial charge on any atom is -0.399 e. The van der Waals surface area contributed by atoms with Crippen molar-refractivity contribution in [1.29, 1.82) is 0 Å². The Bertz CT molecular complexity index is 413. The molecule has 0 radical (unpaired) electrons. The number of carbonyl (C=O) groups excluding carboxylic acids is 1. The van der Waals surface area contributed by atoms with Gasteiger partial charge in [0.25, 0.3) is 5.91 Å². The Morgan fingerprint density at radius 1 is 1.22 bits per heavy atom. The van der Waals surface area contributed by atoms with Gasteiger partial charge in [-0.2, -0.15) is 0 Å². The number of nitrogens with zero attached hydrogens (tertiary/aromatic N) is 1. The Labute approximate surface area is 109 Å². The summed E-state index contributed by atoms with van der Waals surface area (Å²) in [5, 5.41) is 0. The monoisotopic (exact) mass is 246 g/mol. The van der Waals surface area contributed by atoms with E-state index in [9.17, 15) is 4.79 Å². The highest BCUT2D eigenvalue weighted by molar-refractivity contribution is 5.94. The van der Waals surface area contributed by atoms with Crippen molar-refractivity contribution in [1.82, 2.24) is 4.90 Å². The van der Waals surface area contributed by atoms with E-state index in [0.29, 0.717) is 17.6 Å². The largest absolute Gasteiger partial charge is 0.399 e. The van der Waals surface area contributed by atoms with E-state index >= 15 is 0 Å². The lowest BCUT2D eigenvalue weighted by atomic mass is 9.85. The average molecular weight is 246 g/mol. The highest BCUT2D eigenvalue weighted by atomic mass is 16.2. The molecule has 0 bridgehead atoms. The molecule has 2 N–H and O–H groups in total. The quantitative estimate of drug-likeness (QED) is 0.815. The number of rotatable bonds is 2. The van der Waals surface area contributed by atoms with Crippen molar-refractivity contribution < 1.29 is 4.79 Å². The molecular formula is C15H22N2O. The molecular weight excluding hydrogens is 224 g/mol. The SMILES string of the molecule is C[C@H]1CCCC[C@@H]1N(C)C(=O)c1ccc(N)cc1. The van der Waals surface area contributed by atoms with Crippen LogP contribution in [-0.2, 0) is 0 Å². The van der Waals surface area contributed by atoms with E-state index in [1.54, 1.807) is 12.1 Å². The van der Waals surface area contributed by atoms with Crippen molar-refractivity contribution in [3.63, 3.8) is 0 Å². The molecule has 98 valence electrons. The van der Waals surface area contributed by atoms with E-state index in [-0.39, 0.29) is 5.91 Å². The van der Waals surface area contributed by atoms with Gasteiger partial charge in [0.1, 0.15) is 0 Å². The first-order valence-corrected chi connectivity index (χ1v) is 6.72. The third kappa shape index (κ3) is 2.66. The number of amides is 1. The van der Waals surface area contributed by atoms with Gasteiger partial charge in [0.05, 0.1) is 0 Å². The van der Waals surface area contributed by atoms with E-state index in [2.05, 4.69) is 6.92 Å². The number of nitrogen functional groups attached to an aromatic ring is 1. The summed E-state index contributed by atoms with van der Waals surface area (Å²) in [4.78, 5) is 14.3. The van der Waals surface area contributed by atoms with Crippen LogP contribution in [0.5, 0.6) is 0 Å². The second-order valence-corrected chi connectivity index (χ2v) is 5.37. The van der Waals surface area contributed by atoms with Gasteiger partial charge < -0.3 is 10.6 Å². The maximum atomic E-state index is 12.4. The summed E-state index contributed by atoms with van der Waals surface area (Å²) in [5.41, 5.74) is 7.06. The van der Waals surface area contributed by atoms with Gasteiger partial charge in [-0.25, -0.2) is 0 Å². The molecule has 2 rings (SSSR count). The van der Waals surface area contributed by atoms with Crippen LogP contribution < -0.4 is 5.73 Å². The van der Waals surface area contributed by atoms with Crippen molar-refractivity contribution in [2.24, 2.45) is 5.92 Å². The molecule has 0 saturated heterocycles. The molecule has 1 fully saturated rings. The topological polar surface area (TPSA) is 46.3 Å². The van der Waals surface area contributed by atoms with Gasteiger partial charge in [0, 0.05) is 24.3 Å². The molecule has 1 saturated carbocycles. The maximum absolute atomic E-state index is 12.4. The highest BCUT2D eigenvalue weighted by Gasteiger charge is 2.28. The van der Waals surface area contributed by atoms with Crippen LogP contribution in [0.1, 0.15) is 43.0 Å². The molecule has 3 nitrogen and oxygen atoms in total. The van der Waals surface area contributed by atoms with Gasteiger partial charge in [0.2, 0.25) is 0 Å². The van der Waals surface area contributed by atoms with Crippen LogP contribution in [0, 0.1) is 5.92 Å². The van der Waals surface area contributed by atoms with E-state index in [4.69, 9.17) is 5.73 Å². The molecule has 2 atom stereocenters. The minimum absolute atomic E-state index is 0.105. The molecule has 1 aliphatic rings. The van der Waals surface area contributed by atoms with Crippen LogP contribution in [0.4, 0.5) is 5.69 Å². The third-order valence-electron chi connectivity index (χ3n) is 4.04. The van der Waals surface area contributed by atoms with Gasteiger partial charge in [-0.1, -0.05) is 19.8 Å². The van der Waals surface area contributed by atoms with Crippen LogP contribution in [-0.4, -0.2) is 23.9 Å². The lowest BCUT2D eigenvalue weighted by molar-refractivity contribution is 0.0629. The van der Waals surface area contributed by atoms with Crippen LogP contribution in [0.3, 0.4) is 0 Å². The Morgan fingerprint density at radius 3 is 2.44 bits per heavy atom. The molecule has 1 aromatic carbocycles. The van der Waals surface area contributed by atoms with Crippen LogP contribution >= 0.6 is 0 Å². The number of nitrogens with two attached hydrogens (primary N) is 1. The van der Waals surface area contributed by atoms with Crippen molar-refractivity contribution in [3.05, 3.63) is 29.8 Å². The first-order chi connectivity index (χ1) is 8.59. The van der Waals surface area contributed by atoms with Gasteiger partial charge in [0.15, 0.2) is 0 Å². The second kappa shape index (κ2) is 5.42. The Morgan fingerprint density at radius 2 is 1.83 bits per heavy atom. The fourth-order valence-electron chi connectivity index (χ4n) is 2.85. The Hall–Kier alpha value is -1.51. The van der Waals surface area contributed by atoms with Gasteiger partial charge in [-0.05, 0) is 43.0 Å². The highest BCUT2D eigenvalue weighted by Crippen LogP contribution is 2.28. The Kier molecular flexibility index (Phi) is 3.90. The summed E-state index contributed by atoms with van der Waals surface area (Å²) >= 11 is 0. The van der Waals surface area contributed by atoms with Crippen molar-refractivity contribution in [3.8, 4) is 0 Å². The summed E-state index contributed by atoms with van der Waals surface area (Å²) in [6.45, 7) is 2.25. The zero-order valence-electron chi connectivity index (χ0n) is 11.2. The average Bonchev–Trinajstić information content (AvgIpc) is 2.38. The third-order valence-corrected chi connectivity index (χ3v) is 4.04. The first-order valence-electron chi connectivity index (χ1n) is 6.72. The molecule has 0 aromatic heterocycles. The standard InChI is InChI=1S/C15H22N2O/c1-11-5-3-4-6-14(11)17(2)15(18)12-7-9-13(16)10-8-12/h7-11,14H,3-6,16H2,1-2H3/t11-,14-/m0/s1. The van der Waals surface area contributed by atoms with Gasteiger partial charge in [-0.15, -0.1) is 0 Å². The lowest BCUT2D eigenvalue weighted by Gasteiger charge is -2.36. The van der Waals surface area contributed by atoms with Crippen LogP contribution in [0.25, 0.3) is 0 Å². The fourth-order valence-corrected chi connectivity index (χ4v) is 2.85. The zero-order chi connectivity index (χ0) is 13.1. The minimum atomic E-state index is 0.105. The number of benzene rings is 1. The van der Waals surface area contributed by atoms with E-state index in [0.717, 1.165) is 12.0 Å². The van der Waals surface area contributed by atoms with E-state index < -0.39 is 0 Å². The normalized spacial score (nSPS) is 23.7. The summed E-state index contributed by atoms with van der Waals surface area (Å²) in [5.74, 6) is 0.704. The molecule has 0 spiro atoms. The molecule has 0 heterocycles. The summed E-state index contributed by atoms with van der Waals surface area (Å²) in [7, 11) is 1.92. The van der Waals surface area contributed by atoms with Gasteiger partial charge in [-0.3, -0.25) is 4.79 Å². The summed E-state index contributed by atoms with van der Waals surface area (Å²) in [6.07, 6.45) is 4.87. The fraction of sp³-hybridized carbons (Fsp3) is 0.533. The number of hydrogen-bond acceptors (Lipinski definition) is 2.